The maximum Gasteiger partial charge on any atom is 0.186 e. The lowest BCUT2D eigenvalue weighted by Gasteiger charge is -2.28. The number of pyridine rings is 1. The van der Waals surface area contributed by atoms with E-state index in [1.807, 2.05) is 6.92 Å². The van der Waals surface area contributed by atoms with Gasteiger partial charge in [0.25, 0.3) is 0 Å². The number of aryl methyl sites for hydroxylation is 1. The van der Waals surface area contributed by atoms with E-state index in [0.29, 0.717) is 17.5 Å². The first kappa shape index (κ1) is 16.5. The number of aromatic nitrogens is 4. The first-order valence-corrected chi connectivity index (χ1v) is 9.21. The zero-order valence-electron chi connectivity index (χ0n) is 14.3. The Morgan fingerprint density at radius 3 is 3.08 bits per heavy atom. The predicted octanol–water partition coefficient (Wildman–Crippen LogP) is 2.86. The fourth-order valence-electron chi connectivity index (χ4n) is 3.06. The molecule has 132 valence electrons. The molecule has 0 amide bonds. The van der Waals surface area contributed by atoms with Crippen LogP contribution in [0.1, 0.15) is 18.4 Å². The number of nitriles is 1. The van der Waals surface area contributed by atoms with Gasteiger partial charge in [-0.25, -0.2) is 19.9 Å². The summed E-state index contributed by atoms with van der Waals surface area (Å²) < 4.78 is 0.969. The minimum atomic E-state index is 0.0663. The summed E-state index contributed by atoms with van der Waals surface area (Å²) in [6.45, 7) is 3.66. The van der Waals surface area contributed by atoms with Gasteiger partial charge in [0.05, 0.1) is 22.2 Å². The molecule has 0 bridgehead atoms. The summed E-state index contributed by atoms with van der Waals surface area (Å²) in [5, 5.41) is 13.4. The Bertz CT molecular complexity index is 992. The van der Waals surface area contributed by atoms with Gasteiger partial charge < -0.3 is 16.0 Å². The average Bonchev–Trinajstić information content (AvgIpc) is 3.11. The summed E-state index contributed by atoms with van der Waals surface area (Å²) in [5.41, 5.74) is 7.66. The molecular formula is C17H18N8S. The summed E-state index contributed by atoms with van der Waals surface area (Å²) in [4.78, 5) is 19.6. The Morgan fingerprint density at radius 1 is 1.38 bits per heavy atom. The monoisotopic (exact) mass is 366 g/mol. The third-order valence-electron chi connectivity index (χ3n) is 4.40. The van der Waals surface area contributed by atoms with Gasteiger partial charge in [0.2, 0.25) is 0 Å². The van der Waals surface area contributed by atoms with E-state index in [2.05, 4.69) is 31.2 Å². The van der Waals surface area contributed by atoms with E-state index in [-0.39, 0.29) is 5.92 Å². The van der Waals surface area contributed by atoms with Crippen LogP contribution >= 0.6 is 11.3 Å². The number of nitrogens with two attached hydrogens (primary N) is 1. The quantitative estimate of drug-likeness (QED) is 0.727. The van der Waals surface area contributed by atoms with Crippen molar-refractivity contribution in [3.05, 3.63) is 24.2 Å². The van der Waals surface area contributed by atoms with E-state index >= 15 is 0 Å². The zero-order valence-corrected chi connectivity index (χ0v) is 15.1. The zero-order chi connectivity index (χ0) is 18.1. The van der Waals surface area contributed by atoms with Crippen LogP contribution in [-0.2, 0) is 0 Å². The van der Waals surface area contributed by atoms with Crippen LogP contribution in [0.5, 0.6) is 0 Å². The van der Waals surface area contributed by atoms with E-state index in [1.54, 1.807) is 23.6 Å². The minimum absolute atomic E-state index is 0.0663. The van der Waals surface area contributed by atoms with E-state index in [0.717, 1.165) is 46.8 Å². The maximum atomic E-state index is 9.23. The largest absolute Gasteiger partial charge is 0.384 e. The van der Waals surface area contributed by atoms with E-state index in [1.165, 1.54) is 6.33 Å². The number of fused-ring (bicyclic) bond motifs is 1. The first-order valence-electron chi connectivity index (χ1n) is 8.39. The number of hydrogen-bond donors (Lipinski definition) is 2. The molecule has 8 nitrogen and oxygen atoms in total. The summed E-state index contributed by atoms with van der Waals surface area (Å²) in [6.07, 6.45) is 5.18. The van der Waals surface area contributed by atoms with Crippen LogP contribution in [0.25, 0.3) is 10.2 Å². The number of nitrogen functional groups attached to an aromatic ring is 1. The molecule has 0 aromatic carbocycles. The molecule has 0 saturated carbocycles. The average molecular weight is 366 g/mol. The highest BCUT2D eigenvalue weighted by Gasteiger charge is 2.23. The smallest absolute Gasteiger partial charge is 0.186 e. The van der Waals surface area contributed by atoms with Crippen molar-refractivity contribution in [1.82, 2.24) is 19.9 Å². The van der Waals surface area contributed by atoms with Gasteiger partial charge in [0, 0.05) is 25.4 Å². The molecule has 3 aromatic rings. The van der Waals surface area contributed by atoms with Crippen LogP contribution in [0.2, 0.25) is 0 Å². The number of nitrogens with zero attached hydrogens (tertiary/aromatic N) is 6. The topological polar surface area (TPSA) is 117 Å². The van der Waals surface area contributed by atoms with Crippen molar-refractivity contribution in [3.8, 4) is 6.07 Å². The highest BCUT2D eigenvalue weighted by molar-refractivity contribution is 7.22. The molecule has 1 aliphatic rings. The summed E-state index contributed by atoms with van der Waals surface area (Å²) in [7, 11) is 0. The Balaban J connectivity index is 1.70. The molecule has 26 heavy (non-hydrogen) atoms. The van der Waals surface area contributed by atoms with Crippen molar-refractivity contribution >= 4 is 44.1 Å². The Morgan fingerprint density at radius 2 is 2.27 bits per heavy atom. The van der Waals surface area contributed by atoms with Crippen LogP contribution in [0.4, 0.5) is 22.6 Å². The van der Waals surface area contributed by atoms with Gasteiger partial charge in [-0.2, -0.15) is 5.26 Å². The number of anilines is 4. The minimum Gasteiger partial charge on any atom is -0.384 e. The number of hydrogen-bond acceptors (Lipinski definition) is 9. The molecule has 1 atom stereocenters. The molecule has 3 aromatic heterocycles. The van der Waals surface area contributed by atoms with Gasteiger partial charge in [-0.05, 0) is 25.3 Å². The molecule has 9 heteroatoms. The SMILES string of the molecule is Cc1cnc(Nc2cc(N)ncn2)c2sc(N3CCC[C@H](C#N)C3)nc12. The van der Waals surface area contributed by atoms with Gasteiger partial charge in [-0.1, -0.05) is 11.3 Å². The number of nitrogens with one attached hydrogen (secondary N) is 1. The van der Waals surface area contributed by atoms with Gasteiger partial charge >= 0.3 is 0 Å². The molecule has 0 radical (unpaired) electrons. The molecule has 0 unspecified atom stereocenters. The lowest BCUT2D eigenvalue weighted by atomic mass is 10.0. The molecule has 0 spiro atoms. The fraction of sp³-hybridized carbons (Fsp3) is 0.353. The Kier molecular flexibility index (Phi) is 4.26. The molecule has 1 aliphatic heterocycles. The number of rotatable bonds is 3. The number of piperidine rings is 1. The maximum absolute atomic E-state index is 9.23. The van der Waals surface area contributed by atoms with Gasteiger partial charge in [-0.3, -0.25) is 0 Å². The molecule has 0 aliphatic carbocycles. The lowest BCUT2D eigenvalue weighted by molar-refractivity contribution is 0.493. The standard InChI is InChI=1S/C17H18N8S/c1-10-7-20-16(23-13-5-12(19)21-9-22-13)15-14(10)24-17(26-15)25-4-2-3-11(6-18)8-25/h5,7,9,11H,2-4,8H2,1H3,(H3,19,20,21,22,23)/t11-/m1/s1. The van der Waals surface area contributed by atoms with Crippen LogP contribution in [0, 0.1) is 24.2 Å². The highest BCUT2D eigenvalue weighted by Crippen LogP contribution is 2.36. The summed E-state index contributed by atoms with van der Waals surface area (Å²) in [6, 6.07) is 4.05. The molecular weight excluding hydrogens is 348 g/mol. The van der Waals surface area contributed by atoms with Crippen molar-refractivity contribution in [1.29, 1.82) is 5.26 Å². The van der Waals surface area contributed by atoms with Gasteiger partial charge in [0.1, 0.15) is 18.0 Å². The van der Waals surface area contributed by atoms with Gasteiger partial charge in [0.15, 0.2) is 10.9 Å². The van der Waals surface area contributed by atoms with Crippen LogP contribution in [-0.4, -0.2) is 33.0 Å². The van der Waals surface area contributed by atoms with Crippen molar-refractivity contribution in [3.63, 3.8) is 0 Å². The summed E-state index contributed by atoms with van der Waals surface area (Å²) in [5.74, 6) is 1.75. The van der Waals surface area contributed by atoms with Crippen molar-refractivity contribution in [2.45, 2.75) is 19.8 Å². The van der Waals surface area contributed by atoms with Crippen LogP contribution in [0.3, 0.4) is 0 Å². The first-order chi connectivity index (χ1) is 12.6. The summed E-state index contributed by atoms with van der Waals surface area (Å²) >= 11 is 1.59. The van der Waals surface area contributed by atoms with E-state index in [9.17, 15) is 5.26 Å². The normalized spacial score (nSPS) is 17.2. The highest BCUT2D eigenvalue weighted by atomic mass is 32.1. The lowest BCUT2D eigenvalue weighted by Crippen LogP contribution is -2.34. The fourth-order valence-corrected chi connectivity index (χ4v) is 4.18. The predicted molar refractivity (Wildman–Crippen MR) is 102 cm³/mol. The number of thiazole rings is 1. The second-order valence-corrected chi connectivity index (χ2v) is 7.31. The van der Waals surface area contributed by atoms with Crippen LogP contribution in [0.15, 0.2) is 18.6 Å². The second kappa shape index (κ2) is 6.72. The molecule has 3 N–H and O–H groups in total. The molecule has 4 rings (SSSR count). The Labute approximate surface area is 154 Å². The van der Waals surface area contributed by atoms with Crippen LogP contribution < -0.4 is 16.0 Å². The van der Waals surface area contributed by atoms with E-state index in [4.69, 9.17) is 10.7 Å². The van der Waals surface area contributed by atoms with Crippen molar-refractivity contribution < 1.29 is 0 Å². The molecule has 1 fully saturated rings. The van der Waals surface area contributed by atoms with Gasteiger partial charge in [-0.15, -0.1) is 0 Å². The Hall–Kier alpha value is -2.99. The molecule has 1 saturated heterocycles. The van der Waals surface area contributed by atoms with E-state index < -0.39 is 0 Å². The third kappa shape index (κ3) is 3.11. The van der Waals surface area contributed by atoms with Crippen molar-refractivity contribution in [2.24, 2.45) is 5.92 Å². The molecule has 4 heterocycles. The third-order valence-corrected chi connectivity index (χ3v) is 5.52. The van der Waals surface area contributed by atoms with Crippen molar-refractivity contribution in [2.75, 3.05) is 29.0 Å². The second-order valence-electron chi connectivity index (χ2n) is 6.33.